The maximum atomic E-state index is 13.9. The lowest BCUT2D eigenvalue weighted by Gasteiger charge is -2.33. The smallest absolute Gasteiger partial charge is 0.191 e. The van der Waals surface area contributed by atoms with Gasteiger partial charge < -0.3 is 20.1 Å². The average molecular weight is 441 g/mol. The number of nitrogens with zero attached hydrogens (tertiary/aromatic N) is 2. The molecule has 0 aliphatic carbocycles. The van der Waals surface area contributed by atoms with E-state index in [1.807, 2.05) is 30.3 Å². The topological polar surface area (TPSA) is 58.1 Å². The fourth-order valence-electron chi connectivity index (χ4n) is 3.81. The van der Waals surface area contributed by atoms with E-state index >= 15 is 0 Å². The zero-order chi connectivity index (χ0) is 22.8. The van der Waals surface area contributed by atoms with E-state index in [9.17, 15) is 4.39 Å². The number of benzene rings is 2. The normalized spacial score (nSPS) is 15.3. The molecule has 0 unspecified atom stereocenters. The summed E-state index contributed by atoms with van der Waals surface area (Å²) in [6, 6.07) is 13.5. The van der Waals surface area contributed by atoms with Gasteiger partial charge in [-0.1, -0.05) is 36.9 Å². The van der Waals surface area contributed by atoms with Crippen LogP contribution in [0.2, 0.25) is 0 Å². The Kier molecular flexibility index (Phi) is 8.92. The maximum Gasteiger partial charge on any atom is 0.191 e. The summed E-state index contributed by atoms with van der Waals surface area (Å²) in [6.45, 7) is 7.43. The molecule has 32 heavy (non-hydrogen) atoms. The van der Waals surface area contributed by atoms with E-state index in [-0.39, 0.29) is 11.6 Å². The Labute approximate surface area is 190 Å². The lowest BCUT2D eigenvalue weighted by Crippen LogP contribution is -2.48. The van der Waals surface area contributed by atoms with Crippen LogP contribution in [-0.2, 0) is 13.1 Å². The lowest BCUT2D eigenvalue weighted by atomic mass is 10.0. The molecule has 0 aromatic heterocycles. The molecule has 1 saturated heterocycles. The molecule has 1 fully saturated rings. The van der Waals surface area contributed by atoms with Gasteiger partial charge in [0, 0.05) is 44.8 Å². The molecular weight excluding hydrogens is 407 g/mol. The fraction of sp³-hybridized carbons (Fsp3) is 0.400. The van der Waals surface area contributed by atoms with Crippen LogP contribution in [0.5, 0.6) is 11.5 Å². The van der Waals surface area contributed by atoms with Crippen LogP contribution in [0, 0.1) is 5.82 Å². The molecule has 2 N–H and O–H groups in total. The summed E-state index contributed by atoms with van der Waals surface area (Å²) >= 11 is 0. The number of ether oxygens (including phenoxy) is 2. The number of rotatable bonds is 9. The Bertz CT molecular complexity index is 911. The number of likely N-dealkylation sites (tertiary alicyclic amines) is 1. The van der Waals surface area contributed by atoms with Crippen molar-refractivity contribution in [1.29, 1.82) is 0 Å². The van der Waals surface area contributed by atoms with E-state index in [1.165, 1.54) is 7.11 Å². The first kappa shape index (κ1) is 23.6. The number of guanidine groups is 1. The highest BCUT2D eigenvalue weighted by Crippen LogP contribution is 2.21. The van der Waals surface area contributed by atoms with Crippen LogP contribution in [0.4, 0.5) is 4.39 Å². The Hall–Kier alpha value is -3.06. The van der Waals surface area contributed by atoms with E-state index in [4.69, 9.17) is 9.47 Å². The first-order valence-corrected chi connectivity index (χ1v) is 11.0. The molecule has 0 saturated carbocycles. The Morgan fingerprint density at radius 2 is 2.00 bits per heavy atom. The number of hydrogen-bond acceptors (Lipinski definition) is 4. The largest absolute Gasteiger partial charge is 0.494 e. The van der Waals surface area contributed by atoms with Crippen LogP contribution in [0.15, 0.2) is 60.1 Å². The monoisotopic (exact) mass is 440 g/mol. The van der Waals surface area contributed by atoms with Crippen molar-refractivity contribution in [2.75, 3.05) is 33.9 Å². The maximum absolute atomic E-state index is 13.9. The molecule has 2 aromatic carbocycles. The third-order valence-electron chi connectivity index (χ3n) is 5.55. The van der Waals surface area contributed by atoms with Gasteiger partial charge in [0.15, 0.2) is 17.5 Å². The third kappa shape index (κ3) is 6.72. The van der Waals surface area contributed by atoms with Crippen LogP contribution in [-0.4, -0.2) is 50.8 Å². The molecule has 2 aromatic rings. The Morgan fingerprint density at radius 3 is 2.69 bits per heavy atom. The predicted octanol–water partition coefficient (Wildman–Crippen LogP) is 3.73. The minimum absolute atomic E-state index is 0.283. The number of piperidine rings is 1. The van der Waals surface area contributed by atoms with Crippen LogP contribution < -0.4 is 20.1 Å². The van der Waals surface area contributed by atoms with Crippen molar-refractivity contribution in [3.8, 4) is 11.5 Å². The Morgan fingerprint density at radius 1 is 1.22 bits per heavy atom. The highest BCUT2D eigenvalue weighted by Gasteiger charge is 2.20. The van der Waals surface area contributed by atoms with Gasteiger partial charge in [0.1, 0.15) is 12.4 Å². The first-order chi connectivity index (χ1) is 15.6. The number of nitrogens with one attached hydrogen (secondary N) is 2. The van der Waals surface area contributed by atoms with Gasteiger partial charge in [-0.15, -0.1) is 0 Å². The van der Waals surface area contributed by atoms with Crippen molar-refractivity contribution in [1.82, 2.24) is 15.5 Å². The fourth-order valence-corrected chi connectivity index (χ4v) is 3.81. The molecule has 1 aliphatic heterocycles. The van der Waals surface area contributed by atoms with Crippen molar-refractivity contribution >= 4 is 5.96 Å². The SMILES string of the molecule is C=CCOc1ccccc1CNC(=NC)NC1CCN(Cc2ccc(OC)c(F)c2)CC1. The van der Waals surface area contributed by atoms with Crippen LogP contribution >= 0.6 is 0 Å². The molecule has 1 aliphatic rings. The molecule has 0 radical (unpaired) electrons. The predicted molar refractivity (Wildman–Crippen MR) is 127 cm³/mol. The third-order valence-corrected chi connectivity index (χ3v) is 5.55. The van der Waals surface area contributed by atoms with Crippen molar-refractivity contribution in [3.63, 3.8) is 0 Å². The second-order valence-corrected chi connectivity index (χ2v) is 7.80. The molecule has 0 amide bonds. The zero-order valence-corrected chi connectivity index (χ0v) is 18.9. The van der Waals surface area contributed by atoms with E-state index in [0.29, 0.717) is 19.2 Å². The average Bonchev–Trinajstić information content (AvgIpc) is 2.82. The minimum Gasteiger partial charge on any atom is -0.494 e. The standard InChI is InChI=1S/C25H33FN4O2/c1-4-15-32-23-8-6-5-7-20(23)17-28-25(27-2)29-21-11-13-30(14-12-21)18-19-9-10-24(31-3)22(26)16-19/h4-10,16,21H,1,11-15,17-18H2,2-3H3,(H2,27,28,29). The number of aliphatic imine (C=N–C) groups is 1. The summed E-state index contributed by atoms with van der Waals surface area (Å²) < 4.78 is 24.7. The van der Waals surface area contributed by atoms with Gasteiger partial charge in [0.05, 0.1) is 7.11 Å². The summed E-state index contributed by atoms with van der Waals surface area (Å²) in [7, 11) is 3.26. The summed E-state index contributed by atoms with van der Waals surface area (Å²) in [4.78, 5) is 6.72. The molecule has 3 rings (SSSR count). The van der Waals surface area contributed by atoms with Gasteiger partial charge in [-0.25, -0.2) is 4.39 Å². The summed E-state index contributed by atoms with van der Waals surface area (Å²) in [6.07, 6.45) is 3.74. The van der Waals surface area contributed by atoms with Crippen LogP contribution in [0.3, 0.4) is 0 Å². The van der Waals surface area contributed by atoms with E-state index in [2.05, 4.69) is 27.1 Å². The van der Waals surface area contributed by atoms with E-state index < -0.39 is 0 Å². The molecule has 0 bridgehead atoms. The highest BCUT2D eigenvalue weighted by atomic mass is 19.1. The van der Waals surface area contributed by atoms with Gasteiger partial charge in [0.25, 0.3) is 0 Å². The van der Waals surface area contributed by atoms with Crippen molar-refractivity contribution in [3.05, 3.63) is 72.1 Å². The van der Waals surface area contributed by atoms with Gasteiger partial charge in [-0.2, -0.15) is 0 Å². The summed E-state index contributed by atoms with van der Waals surface area (Å²) in [5.41, 5.74) is 2.03. The summed E-state index contributed by atoms with van der Waals surface area (Å²) in [5.74, 6) is 1.59. The van der Waals surface area contributed by atoms with Gasteiger partial charge in [-0.05, 0) is 36.6 Å². The number of halogens is 1. The summed E-state index contributed by atoms with van der Waals surface area (Å²) in [5, 5.41) is 6.91. The van der Waals surface area contributed by atoms with Gasteiger partial charge >= 0.3 is 0 Å². The minimum atomic E-state index is -0.312. The van der Waals surface area contributed by atoms with Crippen molar-refractivity contribution in [2.24, 2.45) is 4.99 Å². The number of para-hydroxylation sites is 1. The quantitative estimate of drug-likeness (QED) is 0.354. The van der Waals surface area contributed by atoms with Crippen molar-refractivity contribution < 1.29 is 13.9 Å². The van der Waals surface area contributed by atoms with E-state index in [1.54, 1.807) is 25.3 Å². The van der Waals surface area contributed by atoms with Crippen LogP contribution in [0.25, 0.3) is 0 Å². The highest BCUT2D eigenvalue weighted by molar-refractivity contribution is 5.80. The van der Waals surface area contributed by atoms with Gasteiger partial charge in [-0.3, -0.25) is 9.89 Å². The molecule has 7 heteroatoms. The zero-order valence-electron chi connectivity index (χ0n) is 18.9. The molecule has 0 spiro atoms. The van der Waals surface area contributed by atoms with Crippen molar-refractivity contribution in [2.45, 2.75) is 32.0 Å². The number of hydrogen-bond donors (Lipinski definition) is 2. The second-order valence-electron chi connectivity index (χ2n) is 7.80. The van der Waals surface area contributed by atoms with Crippen LogP contribution in [0.1, 0.15) is 24.0 Å². The van der Waals surface area contributed by atoms with E-state index in [0.717, 1.165) is 55.3 Å². The molecule has 6 nitrogen and oxygen atoms in total. The second kappa shape index (κ2) is 12.1. The molecule has 0 atom stereocenters. The number of methoxy groups -OCH3 is 1. The van der Waals surface area contributed by atoms with Gasteiger partial charge in [0.2, 0.25) is 0 Å². The molecule has 172 valence electrons. The Balaban J connectivity index is 1.45. The first-order valence-electron chi connectivity index (χ1n) is 11.0. The molecular formula is C25H33FN4O2. The lowest BCUT2D eigenvalue weighted by molar-refractivity contribution is 0.198. The molecule has 1 heterocycles.